The molecule has 0 aliphatic heterocycles. The molecule has 0 aromatic carbocycles. The first-order valence-corrected chi connectivity index (χ1v) is 4.69. The maximum atomic E-state index is 8.81. The van der Waals surface area contributed by atoms with E-state index in [1.807, 2.05) is 34.7 Å². The number of aliphatic hydroxyl groups excluding tert-OH is 1. The molecule has 13 heavy (non-hydrogen) atoms. The lowest BCUT2D eigenvalue weighted by molar-refractivity contribution is -0.106. The van der Waals surface area contributed by atoms with Crippen molar-refractivity contribution in [2.75, 3.05) is 20.2 Å². The predicted octanol–water partition coefficient (Wildman–Crippen LogP) is 1.46. The third kappa shape index (κ3) is 24.5. The Kier molecular flexibility index (Phi) is 20.0. The van der Waals surface area contributed by atoms with Crippen LogP contribution in [0.25, 0.3) is 0 Å². The van der Waals surface area contributed by atoms with E-state index in [4.69, 9.17) is 9.90 Å². The average molecular weight is 191 g/mol. The van der Waals surface area contributed by atoms with Gasteiger partial charge in [0, 0.05) is 18.6 Å². The van der Waals surface area contributed by atoms with Gasteiger partial charge < -0.3 is 15.2 Å². The Balaban J connectivity index is -0.000000169. The normalized spacial score (nSPS) is 8.85. The van der Waals surface area contributed by atoms with Gasteiger partial charge in [-0.3, -0.25) is 0 Å². The number of aldehydes is 1. The van der Waals surface area contributed by atoms with Crippen molar-refractivity contribution in [2.45, 2.75) is 34.6 Å². The van der Waals surface area contributed by atoms with Crippen LogP contribution < -0.4 is 5.32 Å². The molecule has 0 atom stereocenters. The number of hydrogen-bond donors (Lipinski definition) is 2. The largest absolute Gasteiger partial charge is 0.396 e. The smallest absolute Gasteiger partial charge is 0.116 e. The summed E-state index contributed by atoms with van der Waals surface area (Å²) < 4.78 is 0. The first-order valence-electron chi connectivity index (χ1n) is 4.69. The van der Waals surface area contributed by atoms with Gasteiger partial charge in [-0.2, -0.15) is 0 Å². The number of carbonyl (C=O) groups excluding carboxylic acids is 1. The summed E-state index contributed by atoms with van der Waals surface area (Å²) in [5.74, 6) is 0. The summed E-state index contributed by atoms with van der Waals surface area (Å²) in [4.78, 5) is 8.81. The zero-order valence-electron chi connectivity index (χ0n) is 9.85. The van der Waals surface area contributed by atoms with Gasteiger partial charge in [-0.1, -0.05) is 27.7 Å². The van der Waals surface area contributed by atoms with Gasteiger partial charge in [0.15, 0.2) is 0 Å². The summed E-state index contributed by atoms with van der Waals surface area (Å²) in [5, 5.41) is 11.7. The molecule has 0 radical (unpaired) electrons. The summed E-state index contributed by atoms with van der Waals surface area (Å²) in [6.45, 7) is 10.6. The van der Waals surface area contributed by atoms with Gasteiger partial charge in [-0.25, -0.2) is 0 Å². The molecule has 0 saturated carbocycles. The molecule has 0 saturated heterocycles. The highest BCUT2D eigenvalue weighted by Gasteiger charge is 2.13. The molecule has 0 fully saturated rings. The fourth-order valence-corrected chi connectivity index (χ4v) is 0.534. The fraction of sp³-hybridized carbons (Fsp3) is 0.900. The third-order valence-electron chi connectivity index (χ3n) is 1.08. The molecule has 0 rings (SSSR count). The second kappa shape index (κ2) is 14.1. The van der Waals surface area contributed by atoms with Gasteiger partial charge in [-0.05, 0) is 14.0 Å². The van der Waals surface area contributed by atoms with E-state index in [9.17, 15) is 0 Å². The molecule has 0 heterocycles. The topological polar surface area (TPSA) is 49.3 Å². The quantitative estimate of drug-likeness (QED) is 0.664. The summed E-state index contributed by atoms with van der Waals surface area (Å²) >= 11 is 0. The highest BCUT2D eigenvalue weighted by Crippen LogP contribution is 2.10. The molecule has 0 spiro atoms. The molecule has 3 heteroatoms. The zero-order chi connectivity index (χ0) is 11.3. The predicted molar refractivity (Wildman–Crippen MR) is 57.9 cm³/mol. The molecule has 0 amide bonds. The Labute approximate surface area is 82.5 Å². The lowest BCUT2D eigenvalue weighted by Gasteiger charge is -2.19. The fourth-order valence-electron chi connectivity index (χ4n) is 0.534. The van der Waals surface area contributed by atoms with Crippen LogP contribution in [-0.2, 0) is 4.79 Å². The molecule has 0 aromatic rings. The standard InChI is InChI=1S/C6H15NO.C2H4O.C2H6/c1-6(2,5-8)4-7-3;1-2-3;1-2/h7-8H,4-5H2,1-3H3;2H,1H3;1-2H3. The molecular weight excluding hydrogens is 166 g/mol. The van der Waals surface area contributed by atoms with E-state index in [0.717, 1.165) is 12.8 Å². The lowest BCUT2D eigenvalue weighted by atomic mass is 9.95. The van der Waals surface area contributed by atoms with E-state index in [1.54, 1.807) is 0 Å². The maximum absolute atomic E-state index is 8.81. The minimum Gasteiger partial charge on any atom is -0.396 e. The van der Waals surface area contributed by atoms with Gasteiger partial charge in [-0.15, -0.1) is 0 Å². The van der Waals surface area contributed by atoms with Gasteiger partial charge >= 0.3 is 0 Å². The van der Waals surface area contributed by atoms with Gasteiger partial charge in [0.1, 0.15) is 6.29 Å². The van der Waals surface area contributed by atoms with Crippen LogP contribution in [0, 0.1) is 5.41 Å². The SMILES string of the molecule is CC.CC=O.CNCC(C)(C)CO. The van der Waals surface area contributed by atoms with Crippen molar-refractivity contribution in [1.82, 2.24) is 5.32 Å². The number of rotatable bonds is 3. The minimum absolute atomic E-state index is 0.0365. The maximum Gasteiger partial charge on any atom is 0.116 e. The molecule has 0 aliphatic rings. The molecular formula is C10H25NO2. The Morgan fingerprint density at radius 2 is 1.69 bits per heavy atom. The van der Waals surface area contributed by atoms with Gasteiger partial charge in [0.2, 0.25) is 0 Å². The van der Waals surface area contributed by atoms with Crippen molar-refractivity contribution in [2.24, 2.45) is 5.41 Å². The molecule has 82 valence electrons. The van der Waals surface area contributed by atoms with Crippen LogP contribution in [0.2, 0.25) is 0 Å². The van der Waals surface area contributed by atoms with E-state index in [2.05, 4.69) is 5.32 Å². The molecule has 3 nitrogen and oxygen atoms in total. The van der Waals surface area contributed by atoms with Crippen molar-refractivity contribution in [1.29, 1.82) is 0 Å². The second-order valence-electron chi connectivity index (χ2n) is 3.09. The molecule has 0 aromatic heterocycles. The first-order chi connectivity index (χ1) is 6.04. The molecule has 0 unspecified atom stereocenters. The van der Waals surface area contributed by atoms with Crippen molar-refractivity contribution >= 4 is 6.29 Å². The molecule has 2 N–H and O–H groups in total. The Morgan fingerprint density at radius 3 is 1.77 bits per heavy atom. The van der Waals surface area contributed by atoms with Crippen LogP contribution in [-0.4, -0.2) is 31.6 Å². The van der Waals surface area contributed by atoms with E-state index in [1.165, 1.54) is 6.92 Å². The van der Waals surface area contributed by atoms with E-state index >= 15 is 0 Å². The van der Waals surface area contributed by atoms with Crippen molar-refractivity contribution < 1.29 is 9.90 Å². The monoisotopic (exact) mass is 191 g/mol. The van der Waals surface area contributed by atoms with Crippen molar-refractivity contribution in [3.05, 3.63) is 0 Å². The summed E-state index contributed by atoms with van der Waals surface area (Å²) in [5.41, 5.74) is 0.0365. The number of nitrogens with one attached hydrogen (secondary N) is 1. The van der Waals surface area contributed by atoms with Crippen LogP contribution in [0.15, 0.2) is 0 Å². The third-order valence-corrected chi connectivity index (χ3v) is 1.08. The van der Waals surface area contributed by atoms with Crippen molar-refractivity contribution in [3.63, 3.8) is 0 Å². The van der Waals surface area contributed by atoms with Crippen molar-refractivity contribution in [3.8, 4) is 0 Å². The van der Waals surface area contributed by atoms with E-state index in [0.29, 0.717) is 0 Å². The summed E-state index contributed by atoms with van der Waals surface area (Å²) in [7, 11) is 1.89. The van der Waals surface area contributed by atoms with Crippen LogP contribution in [0.5, 0.6) is 0 Å². The van der Waals surface area contributed by atoms with Crippen LogP contribution in [0.1, 0.15) is 34.6 Å². The van der Waals surface area contributed by atoms with Crippen LogP contribution in [0.4, 0.5) is 0 Å². The van der Waals surface area contributed by atoms with E-state index < -0.39 is 0 Å². The summed E-state index contributed by atoms with van der Waals surface area (Å²) in [6.07, 6.45) is 0.750. The minimum atomic E-state index is 0.0365. The zero-order valence-corrected chi connectivity index (χ0v) is 9.85. The Morgan fingerprint density at radius 1 is 1.38 bits per heavy atom. The number of aliphatic hydroxyl groups is 1. The second-order valence-corrected chi connectivity index (χ2v) is 3.09. The average Bonchev–Trinajstić information content (AvgIpc) is 2.10. The van der Waals surface area contributed by atoms with E-state index in [-0.39, 0.29) is 12.0 Å². The van der Waals surface area contributed by atoms with Gasteiger partial charge in [0.25, 0.3) is 0 Å². The number of hydrogen-bond acceptors (Lipinski definition) is 3. The molecule has 0 aliphatic carbocycles. The van der Waals surface area contributed by atoms with Gasteiger partial charge in [0.05, 0.1) is 0 Å². The Hall–Kier alpha value is -0.410. The highest BCUT2D eigenvalue weighted by molar-refractivity contribution is 5.44. The molecule has 0 bridgehead atoms. The van der Waals surface area contributed by atoms with Crippen LogP contribution >= 0.6 is 0 Å². The number of carbonyl (C=O) groups is 1. The first kappa shape index (κ1) is 18.4. The Bertz CT molecular complexity index is 92.9. The lowest BCUT2D eigenvalue weighted by Crippen LogP contribution is -2.29. The van der Waals surface area contributed by atoms with Crippen LogP contribution in [0.3, 0.4) is 0 Å². The summed E-state index contributed by atoms with van der Waals surface area (Å²) in [6, 6.07) is 0. The highest BCUT2D eigenvalue weighted by atomic mass is 16.3.